The fourth-order valence-corrected chi connectivity index (χ4v) is 3.25. The number of allylic oxidation sites excluding steroid dienone is 1. The van der Waals surface area contributed by atoms with E-state index in [2.05, 4.69) is 5.32 Å². The second-order valence-electron chi connectivity index (χ2n) is 5.86. The molecule has 0 spiro atoms. The Hall–Kier alpha value is -3.63. The molecule has 2 aromatic rings. The van der Waals surface area contributed by atoms with Gasteiger partial charge in [0.25, 0.3) is 0 Å². The number of rotatable bonds is 6. The molecule has 0 saturated carbocycles. The molecule has 10 heteroatoms. The van der Waals surface area contributed by atoms with E-state index < -0.39 is 17.5 Å². The number of ketones is 1. The highest BCUT2D eigenvalue weighted by Crippen LogP contribution is 2.35. The predicted octanol–water partition coefficient (Wildman–Crippen LogP) is 4.72. The number of ether oxygens (including phenoxy) is 2. The number of fused-ring (bicyclic) bond motifs is 1. The van der Waals surface area contributed by atoms with Gasteiger partial charge in [-0.2, -0.15) is 23.7 Å². The van der Waals surface area contributed by atoms with Crippen molar-refractivity contribution in [3.05, 3.63) is 64.2 Å². The molecular weight excluding hydrogens is 419 g/mol. The van der Waals surface area contributed by atoms with Gasteiger partial charge in [0.05, 0.1) is 22.4 Å². The van der Waals surface area contributed by atoms with E-state index in [0.29, 0.717) is 11.5 Å². The van der Waals surface area contributed by atoms with Gasteiger partial charge in [0, 0.05) is 11.3 Å². The number of nitrogens with one attached hydrogen (secondary N) is 1. The van der Waals surface area contributed by atoms with E-state index in [9.17, 15) is 23.2 Å². The summed E-state index contributed by atoms with van der Waals surface area (Å²) in [5.74, 6) is 0.00193. The van der Waals surface area contributed by atoms with Crippen molar-refractivity contribution in [1.29, 1.82) is 10.5 Å². The van der Waals surface area contributed by atoms with E-state index in [1.165, 1.54) is 30.3 Å². The van der Waals surface area contributed by atoms with Crippen molar-refractivity contribution in [1.82, 2.24) is 0 Å². The Morgan fingerprint density at radius 3 is 2.60 bits per heavy atom. The lowest BCUT2D eigenvalue weighted by Crippen LogP contribution is -2.10. The first-order chi connectivity index (χ1) is 14.3. The van der Waals surface area contributed by atoms with Crippen LogP contribution in [0.15, 0.2) is 53.1 Å². The smallest absolute Gasteiger partial charge is 0.416 e. The molecule has 1 heterocycles. The first-order valence-electron chi connectivity index (χ1n) is 8.36. The average Bonchev–Trinajstić information content (AvgIpc) is 3.19. The molecule has 2 aromatic carbocycles. The summed E-state index contributed by atoms with van der Waals surface area (Å²) in [5, 5.41) is 21.1. The summed E-state index contributed by atoms with van der Waals surface area (Å²) in [5.41, 5.74) is -1.07. The second-order valence-corrected chi connectivity index (χ2v) is 6.85. The molecule has 0 fully saturated rings. The van der Waals surface area contributed by atoms with E-state index in [0.717, 1.165) is 23.9 Å². The van der Waals surface area contributed by atoms with Gasteiger partial charge in [-0.15, -0.1) is 0 Å². The molecular formula is C20H12F3N3O3S. The van der Waals surface area contributed by atoms with E-state index >= 15 is 0 Å². The quantitative estimate of drug-likeness (QED) is 0.402. The summed E-state index contributed by atoms with van der Waals surface area (Å²) in [6.07, 6.45) is -4.55. The van der Waals surface area contributed by atoms with Crippen LogP contribution in [0.2, 0.25) is 0 Å². The molecule has 0 amide bonds. The van der Waals surface area contributed by atoms with Gasteiger partial charge in [0.15, 0.2) is 11.5 Å². The van der Waals surface area contributed by atoms with Crippen molar-refractivity contribution >= 4 is 23.2 Å². The van der Waals surface area contributed by atoms with Crippen molar-refractivity contribution in [2.45, 2.75) is 6.18 Å². The van der Waals surface area contributed by atoms with Gasteiger partial charge in [-0.3, -0.25) is 4.79 Å². The Labute approximate surface area is 173 Å². The van der Waals surface area contributed by atoms with Crippen LogP contribution < -0.4 is 14.8 Å². The lowest BCUT2D eigenvalue weighted by molar-refractivity contribution is -0.137. The largest absolute Gasteiger partial charge is 0.454 e. The van der Waals surface area contributed by atoms with Crippen LogP contribution in [0.5, 0.6) is 11.5 Å². The van der Waals surface area contributed by atoms with Crippen molar-refractivity contribution in [3.8, 4) is 23.6 Å². The van der Waals surface area contributed by atoms with Gasteiger partial charge >= 0.3 is 6.18 Å². The standard InChI is InChI=1S/C20H12F3N3O3S/c21-20(22,23)13-2-1-3-14(9-13)26-19(30-7-6-24)15(10-25)18(27)12-4-5-16-17(8-12)29-11-28-16/h1-5,8-9,26H,7,11H2/b19-15-. The third-order valence-corrected chi connectivity index (χ3v) is 4.80. The van der Waals surface area contributed by atoms with Crippen LogP contribution >= 0.6 is 11.8 Å². The zero-order valence-electron chi connectivity index (χ0n) is 15.1. The minimum Gasteiger partial charge on any atom is -0.454 e. The van der Waals surface area contributed by atoms with Gasteiger partial charge in [-0.05, 0) is 36.4 Å². The Balaban J connectivity index is 1.98. The van der Waals surface area contributed by atoms with Gasteiger partial charge in [-0.1, -0.05) is 17.8 Å². The van der Waals surface area contributed by atoms with Gasteiger partial charge in [0.2, 0.25) is 12.6 Å². The molecule has 0 bridgehead atoms. The Morgan fingerprint density at radius 1 is 1.13 bits per heavy atom. The number of thioether (sulfide) groups is 1. The molecule has 6 nitrogen and oxygen atoms in total. The van der Waals surface area contributed by atoms with Crippen LogP contribution in [0.3, 0.4) is 0 Å². The number of nitriles is 2. The van der Waals surface area contributed by atoms with Crippen LogP contribution in [0.25, 0.3) is 0 Å². The summed E-state index contributed by atoms with van der Waals surface area (Å²) in [4.78, 5) is 12.9. The minimum absolute atomic E-state index is 0.00823. The number of alkyl halides is 3. The SMILES string of the molecule is N#CCS/C(Nc1cccc(C(F)(F)F)c1)=C(/C#N)C(=O)c1ccc2c(c1)OCO2. The first kappa shape index (κ1) is 21.1. The maximum Gasteiger partial charge on any atom is 0.416 e. The van der Waals surface area contributed by atoms with Crippen LogP contribution in [0.1, 0.15) is 15.9 Å². The molecule has 0 unspecified atom stereocenters. The Kier molecular flexibility index (Phi) is 6.19. The molecule has 152 valence electrons. The molecule has 0 radical (unpaired) electrons. The van der Waals surface area contributed by atoms with E-state index in [1.54, 1.807) is 6.07 Å². The number of anilines is 1. The number of halogens is 3. The Morgan fingerprint density at radius 2 is 1.90 bits per heavy atom. The first-order valence-corrected chi connectivity index (χ1v) is 9.35. The maximum atomic E-state index is 13.0. The lowest BCUT2D eigenvalue weighted by Gasteiger charge is -2.14. The average molecular weight is 431 g/mol. The van der Waals surface area contributed by atoms with Gasteiger partial charge in [-0.25, -0.2) is 0 Å². The molecule has 0 aromatic heterocycles. The summed E-state index contributed by atoms with van der Waals surface area (Å²) in [7, 11) is 0. The van der Waals surface area contributed by atoms with Gasteiger partial charge < -0.3 is 14.8 Å². The van der Waals surface area contributed by atoms with Crippen LogP contribution in [-0.2, 0) is 6.18 Å². The van der Waals surface area contributed by atoms with E-state index in [1.807, 2.05) is 6.07 Å². The summed E-state index contributed by atoms with van der Waals surface area (Å²) < 4.78 is 49.3. The summed E-state index contributed by atoms with van der Waals surface area (Å²) in [6.45, 7) is 0.00823. The lowest BCUT2D eigenvalue weighted by atomic mass is 10.0. The van der Waals surface area contributed by atoms with Gasteiger partial charge in [0.1, 0.15) is 11.6 Å². The number of benzene rings is 2. The predicted molar refractivity (Wildman–Crippen MR) is 103 cm³/mol. The second kappa shape index (κ2) is 8.80. The van der Waals surface area contributed by atoms with Crippen molar-refractivity contribution in [2.24, 2.45) is 0 Å². The molecule has 0 atom stereocenters. The number of carbonyl (C=O) groups is 1. The minimum atomic E-state index is -4.55. The van der Waals surface area contributed by atoms with Crippen LogP contribution in [0.4, 0.5) is 18.9 Å². The third-order valence-electron chi connectivity index (χ3n) is 3.93. The molecule has 0 saturated heterocycles. The summed E-state index contributed by atoms with van der Waals surface area (Å²) in [6, 6.07) is 12.4. The number of hydrogen-bond donors (Lipinski definition) is 1. The highest BCUT2D eigenvalue weighted by atomic mass is 32.2. The highest BCUT2D eigenvalue weighted by molar-refractivity contribution is 8.03. The number of nitrogens with zero attached hydrogens (tertiary/aromatic N) is 2. The molecule has 0 aliphatic carbocycles. The zero-order valence-corrected chi connectivity index (χ0v) is 15.9. The van der Waals surface area contributed by atoms with Crippen molar-refractivity contribution in [2.75, 3.05) is 17.9 Å². The van der Waals surface area contributed by atoms with Crippen molar-refractivity contribution < 1.29 is 27.4 Å². The maximum absolute atomic E-state index is 13.0. The number of hydrogen-bond acceptors (Lipinski definition) is 7. The fourth-order valence-electron chi connectivity index (χ4n) is 2.57. The zero-order chi connectivity index (χ0) is 21.7. The molecule has 30 heavy (non-hydrogen) atoms. The Bertz CT molecular complexity index is 1100. The molecule has 1 N–H and O–H groups in total. The third kappa shape index (κ3) is 4.67. The molecule has 1 aliphatic rings. The van der Waals surface area contributed by atoms with E-state index in [4.69, 9.17) is 14.7 Å². The van der Waals surface area contributed by atoms with Crippen LogP contribution in [-0.4, -0.2) is 18.3 Å². The monoisotopic (exact) mass is 431 g/mol. The van der Waals surface area contributed by atoms with E-state index in [-0.39, 0.29) is 34.4 Å². The summed E-state index contributed by atoms with van der Waals surface area (Å²) >= 11 is 0.838. The topological polar surface area (TPSA) is 95.1 Å². The number of carbonyl (C=O) groups excluding carboxylic acids is 1. The number of Topliss-reactive ketones (excluding diaryl/α,β-unsaturated/α-hetero) is 1. The molecule has 3 rings (SSSR count). The fraction of sp³-hybridized carbons (Fsp3) is 0.150. The highest BCUT2D eigenvalue weighted by Gasteiger charge is 2.30. The normalized spacial score (nSPS) is 13.1. The van der Waals surface area contributed by atoms with Crippen molar-refractivity contribution in [3.63, 3.8) is 0 Å². The van der Waals surface area contributed by atoms with Crippen LogP contribution in [0, 0.1) is 22.7 Å². The molecule has 1 aliphatic heterocycles.